The molecular weight excluding hydrogens is 350 g/mol. The lowest BCUT2D eigenvalue weighted by molar-refractivity contribution is 0.0939. The summed E-state index contributed by atoms with van der Waals surface area (Å²) in [6, 6.07) is 14.1. The topological polar surface area (TPSA) is 69.7 Å². The van der Waals surface area contributed by atoms with Gasteiger partial charge in [0.15, 0.2) is 0 Å². The minimum Gasteiger partial charge on any atom is -0.377 e. The summed E-state index contributed by atoms with van der Waals surface area (Å²) in [4.78, 5) is 14.4. The van der Waals surface area contributed by atoms with Gasteiger partial charge in [0.05, 0.1) is 11.7 Å². The van der Waals surface area contributed by atoms with Crippen LogP contribution in [0.5, 0.6) is 0 Å². The molecule has 2 aromatic carbocycles. The molecule has 7 heteroatoms. The van der Waals surface area contributed by atoms with Crippen LogP contribution in [-0.2, 0) is 10.0 Å². The van der Waals surface area contributed by atoms with E-state index in [2.05, 4.69) is 5.32 Å². The molecule has 0 aromatic heterocycles. The molecule has 0 heterocycles. The summed E-state index contributed by atoms with van der Waals surface area (Å²) in [6.07, 6.45) is 0. The highest BCUT2D eigenvalue weighted by atomic mass is 32.2. The van der Waals surface area contributed by atoms with Crippen LogP contribution in [0.1, 0.15) is 28.9 Å². The van der Waals surface area contributed by atoms with Gasteiger partial charge in [-0.25, -0.2) is 12.7 Å². The average molecular weight is 375 g/mol. The summed E-state index contributed by atoms with van der Waals surface area (Å²) >= 11 is 0. The van der Waals surface area contributed by atoms with Gasteiger partial charge >= 0.3 is 0 Å². The third kappa shape index (κ3) is 4.23. The molecular formula is C19H25N3O3S. The lowest BCUT2D eigenvalue weighted by Gasteiger charge is -2.21. The number of sulfonamides is 1. The smallest absolute Gasteiger partial charge is 0.251 e. The number of amides is 1. The summed E-state index contributed by atoms with van der Waals surface area (Å²) in [7, 11) is 2.80. The molecule has 0 unspecified atom stereocenters. The van der Waals surface area contributed by atoms with Crippen LogP contribution in [0.25, 0.3) is 0 Å². The zero-order chi connectivity index (χ0) is 19.5. The molecule has 0 aliphatic heterocycles. The van der Waals surface area contributed by atoms with Gasteiger partial charge in [0.25, 0.3) is 5.91 Å². The van der Waals surface area contributed by atoms with Crippen molar-refractivity contribution >= 4 is 21.6 Å². The zero-order valence-electron chi connectivity index (χ0n) is 15.7. The molecule has 6 nitrogen and oxygen atoms in total. The fourth-order valence-electron chi connectivity index (χ4n) is 2.53. The van der Waals surface area contributed by atoms with E-state index in [1.165, 1.54) is 20.2 Å². The molecule has 0 aliphatic rings. The van der Waals surface area contributed by atoms with E-state index < -0.39 is 10.0 Å². The highest BCUT2D eigenvalue weighted by molar-refractivity contribution is 7.89. The molecule has 0 bridgehead atoms. The molecule has 0 saturated heterocycles. The Morgan fingerprint density at radius 3 is 2.15 bits per heavy atom. The Morgan fingerprint density at radius 1 is 1.00 bits per heavy atom. The first-order chi connectivity index (χ1) is 12.1. The third-order valence-corrected chi connectivity index (χ3v) is 5.95. The molecule has 0 radical (unpaired) electrons. The van der Waals surface area contributed by atoms with Crippen LogP contribution in [0.4, 0.5) is 5.69 Å². The number of anilines is 1. The quantitative estimate of drug-likeness (QED) is 0.842. The number of nitrogens with one attached hydrogen (secondary N) is 1. The number of hydrogen-bond acceptors (Lipinski definition) is 4. The van der Waals surface area contributed by atoms with Crippen LogP contribution in [-0.4, -0.2) is 46.8 Å². The van der Waals surface area contributed by atoms with E-state index in [4.69, 9.17) is 0 Å². The van der Waals surface area contributed by atoms with Gasteiger partial charge in [-0.1, -0.05) is 30.3 Å². The molecule has 1 atom stereocenters. The van der Waals surface area contributed by atoms with E-state index in [0.717, 1.165) is 9.87 Å². The summed E-state index contributed by atoms with van der Waals surface area (Å²) in [5, 5.41) is 2.91. The number of carbonyl (C=O) groups excluding carboxylic acids is 1. The van der Waals surface area contributed by atoms with Gasteiger partial charge in [0.1, 0.15) is 4.90 Å². The average Bonchev–Trinajstić information content (AvgIpc) is 2.61. The van der Waals surface area contributed by atoms with Gasteiger partial charge in [-0.2, -0.15) is 0 Å². The number of carbonyl (C=O) groups is 1. The first-order valence-electron chi connectivity index (χ1n) is 8.24. The number of benzene rings is 2. The molecule has 26 heavy (non-hydrogen) atoms. The van der Waals surface area contributed by atoms with Crippen molar-refractivity contribution in [1.82, 2.24) is 9.62 Å². The van der Waals surface area contributed by atoms with Crippen LogP contribution >= 0.6 is 0 Å². The fraction of sp³-hybridized carbons (Fsp3) is 0.316. The Bertz CT molecular complexity index is 878. The Labute approximate surface area is 155 Å². The van der Waals surface area contributed by atoms with Gasteiger partial charge < -0.3 is 10.2 Å². The van der Waals surface area contributed by atoms with Crippen molar-refractivity contribution in [2.75, 3.05) is 33.1 Å². The van der Waals surface area contributed by atoms with Crippen LogP contribution in [0.15, 0.2) is 53.4 Å². The van der Waals surface area contributed by atoms with E-state index in [1.807, 2.05) is 37.3 Å². The normalized spacial score (nSPS) is 12.7. The maximum Gasteiger partial charge on any atom is 0.251 e. The number of rotatable bonds is 6. The van der Waals surface area contributed by atoms with Gasteiger partial charge in [-0.15, -0.1) is 0 Å². The number of hydrogen-bond donors (Lipinski definition) is 1. The summed E-state index contributed by atoms with van der Waals surface area (Å²) in [5.74, 6) is -0.318. The van der Waals surface area contributed by atoms with E-state index in [0.29, 0.717) is 11.3 Å². The van der Waals surface area contributed by atoms with Gasteiger partial charge in [-0.3, -0.25) is 4.79 Å². The first kappa shape index (κ1) is 19.9. The Balaban J connectivity index is 2.37. The SMILES string of the molecule is C[C@H](NC(=O)c1ccc(N(C)C)c(S(=O)(=O)N(C)C)c1)c1ccccc1. The summed E-state index contributed by atoms with van der Waals surface area (Å²) in [6.45, 7) is 1.89. The molecule has 0 fully saturated rings. The van der Waals surface area contributed by atoms with Gasteiger partial charge in [0, 0.05) is 33.8 Å². The predicted molar refractivity (Wildman–Crippen MR) is 104 cm³/mol. The highest BCUT2D eigenvalue weighted by Gasteiger charge is 2.24. The first-order valence-corrected chi connectivity index (χ1v) is 9.68. The van der Waals surface area contributed by atoms with Crippen LogP contribution < -0.4 is 10.2 Å². The molecule has 2 aromatic rings. The minimum absolute atomic E-state index is 0.104. The Hall–Kier alpha value is -2.38. The van der Waals surface area contributed by atoms with Crippen LogP contribution in [0.2, 0.25) is 0 Å². The van der Waals surface area contributed by atoms with Crippen LogP contribution in [0.3, 0.4) is 0 Å². The molecule has 140 valence electrons. The lowest BCUT2D eigenvalue weighted by Crippen LogP contribution is -2.28. The largest absolute Gasteiger partial charge is 0.377 e. The molecule has 0 aliphatic carbocycles. The lowest BCUT2D eigenvalue weighted by atomic mass is 10.1. The summed E-state index contributed by atoms with van der Waals surface area (Å²) in [5.41, 5.74) is 1.82. The summed E-state index contributed by atoms with van der Waals surface area (Å²) < 4.78 is 26.4. The molecule has 2 rings (SSSR count). The van der Waals surface area contributed by atoms with E-state index in [-0.39, 0.29) is 16.8 Å². The van der Waals surface area contributed by atoms with E-state index in [1.54, 1.807) is 31.1 Å². The number of nitrogens with zero attached hydrogens (tertiary/aromatic N) is 2. The van der Waals surface area contributed by atoms with Gasteiger partial charge in [0.2, 0.25) is 10.0 Å². The third-order valence-electron chi connectivity index (χ3n) is 4.11. The second kappa shape index (κ2) is 7.88. The van der Waals surface area contributed by atoms with Crippen LogP contribution in [0, 0.1) is 0 Å². The maximum absolute atomic E-state index is 12.6. The molecule has 0 spiro atoms. The van der Waals surface area contributed by atoms with Crippen molar-refractivity contribution in [2.45, 2.75) is 17.9 Å². The monoisotopic (exact) mass is 375 g/mol. The molecule has 1 N–H and O–H groups in total. The van der Waals surface area contributed by atoms with Crippen molar-refractivity contribution in [3.05, 3.63) is 59.7 Å². The van der Waals surface area contributed by atoms with E-state index >= 15 is 0 Å². The van der Waals surface area contributed by atoms with Crippen molar-refractivity contribution in [2.24, 2.45) is 0 Å². The standard InChI is InChI=1S/C19H25N3O3S/c1-14(15-9-7-6-8-10-15)20-19(23)16-11-12-17(21(2)3)18(13-16)26(24,25)22(4)5/h6-14H,1-5H3,(H,20,23)/t14-/m0/s1. The maximum atomic E-state index is 12.6. The van der Waals surface area contributed by atoms with Crippen molar-refractivity contribution < 1.29 is 13.2 Å². The van der Waals surface area contributed by atoms with Crippen molar-refractivity contribution in [3.8, 4) is 0 Å². The Morgan fingerprint density at radius 2 is 1.62 bits per heavy atom. The molecule has 0 saturated carbocycles. The van der Waals surface area contributed by atoms with Crippen molar-refractivity contribution in [1.29, 1.82) is 0 Å². The van der Waals surface area contributed by atoms with Gasteiger partial charge in [-0.05, 0) is 30.7 Å². The minimum atomic E-state index is -3.68. The predicted octanol–water partition coefficient (Wildman–Crippen LogP) is 2.49. The highest BCUT2D eigenvalue weighted by Crippen LogP contribution is 2.27. The fourth-order valence-corrected chi connectivity index (χ4v) is 3.72. The Kier molecular flexibility index (Phi) is 6.05. The van der Waals surface area contributed by atoms with E-state index in [9.17, 15) is 13.2 Å². The van der Waals surface area contributed by atoms with Crippen molar-refractivity contribution in [3.63, 3.8) is 0 Å². The molecule has 1 amide bonds. The zero-order valence-corrected chi connectivity index (χ0v) is 16.5. The second-order valence-corrected chi connectivity index (χ2v) is 8.59. The second-order valence-electron chi connectivity index (χ2n) is 6.47.